The van der Waals surface area contributed by atoms with E-state index in [-0.39, 0.29) is 11.5 Å². The second-order valence-electron chi connectivity index (χ2n) is 12.4. The number of thiocarbonyl (C=S) groups is 1. The highest BCUT2D eigenvalue weighted by Crippen LogP contribution is 2.34. The number of carbonyl (C=O) groups is 1. The molecule has 1 amide bonds. The largest absolute Gasteiger partial charge is 0.353 e. The molecule has 5 rings (SSSR count). The van der Waals surface area contributed by atoms with E-state index in [1.807, 2.05) is 31.3 Å². The summed E-state index contributed by atoms with van der Waals surface area (Å²) in [7, 11) is 0. The lowest BCUT2D eigenvalue weighted by molar-refractivity contribution is -0.122. The minimum absolute atomic E-state index is 0.103. The van der Waals surface area contributed by atoms with Crippen molar-refractivity contribution in [3.63, 3.8) is 0 Å². The van der Waals surface area contributed by atoms with Crippen molar-refractivity contribution in [1.29, 1.82) is 0 Å². The fourth-order valence-electron chi connectivity index (χ4n) is 6.16. The number of fused-ring (bicyclic) bond motifs is 1. The molecule has 2 aliphatic heterocycles. The third-order valence-corrected chi connectivity index (χ3v) is 10.2. The monoisotopic (exact) mass is 645 g/mol. The van der Waals surface area contributed by atoms with Gasteiger partial charge in [-0.05, 0) is 36.6 Å². The molecule has 45 heavy (non-hydrogen) atoms. The molecule has 2 aliphatic rings. The standard InChI is InChI=1S/C36H47N5O2S2/c1-3-4-5-6-7-8-9-10-11-15-20-40-35(43)31(45-36(40)44)25-30-33(37-32-19-18-28(2)26-41(32)34(30)42)39-23-21-38(22-24-39)27-29-16-13-12-14-17-29/h12-14,16-19,25-26H,3-11,15,20-24,27H2,1-2H3/b31-25+. The number of benzene rings is 1. The topological polar surface area (TPSA) is 61.2 Å². The molecule has 0 saturated carbocycles. The number of unbranched alkanes of at least 4 members (excludes halogenated alkanes) is 9. The fourth-order valence-corrected chi connectivity index (χ4v) is 7.45. The van der Waals surface area contributed by atoms with Gasteiger partial charge in [-0.2, -0.15) is 0 Å². The van der Waals surface area contributed by atoms with Crippen molar-refractivity contribution in [2.24, 2.45) is 0 Å². The summed E-state index contributed by atoms with van der Waals surface area (Å²) in [5.74, 6) is 0.538. The van der Waals surface area contributed by atoms with Gasteiger partial charge in [0, 0.05) is 45.5 Å². The Morgan fingerprint density at radius 3 is 2.22 bits per heavy atom. The lowest BCUT2D eigenvalue weighted by atomic mass is 10.1. The number of amides is 1. The number of pyridine rings is 1. The minimum Gasteiger partial charge on any atom is -0.353 e. The van der Waals surface area contributed by atoms with Crippen LogP contribution in [0.3, 0.4) is 0 Å². The van der Waals surface area contributed by atoms with Crippen molar-refractivity contribution >= 4 is 51.7 Å². The molecule has 2 saturated heterocycles. The third-order valence-electron chi connectivity index (χ3n) is 8.79. The van der Waals surface area contributed by atoms with Gasteiger partial charge in [-0.25, -0.2) is 4.98 Å². The van der Waals surface area contributed by atoms with Gasteiger partial charge in [-0.15, -0.1) is 0 Å². The molecule has 0 unspecified atom stereocenters. The van der Waals surface area contributed by atoms with E-state index in [1.54, 1.807) is 15.4 Å². The lowest BCUT2D eigenvalue weighted by Gasteiger charge is -2.36. The van der Waals surface area contributed by atoms with Crippen molar-refractivity contribution in [3.05, 3.63) is 80.6 Å². The first-order valence-electron chi connectivity index (χ1n) is 16.7. The number of nitrogens with zero attached hydrogens (tertiary/aromatic N) is 5. The third kappa shape index (κ3) is 8.83. The van der Waals surface area contributed by atoms with Crippen LogP contribution in [-0.2, 0) is 11.3 Å². The molecule has 9 heteroatoms. The van der Waals surface area contributed by atoms with Crippen LogP contribution >= 0.6 is 24.0 Å². The Bertz CT molecular complexity index is 1550. The first kappa shape index (κ1) is 33.4. The smallest absolute Gasteiger partial charge is 0.267 e. The Hall–Kier alpha value is -3.01. The molecule has 0 radical (unpaired) electrons. The predicted octanol–water partition coefficient (Wildman–Crippen LogP) is 7.45. The summed E-state index contributed by atoms with van der Waals surface area (Å²) in [6.07, 6.45) is 16.0. The molecular weight excluding hydrogens is 599 g/mol. The van der Waals surface area contributed by atoms with Crippen LogP contribution in [0.4, 0.5) is 5.82 Å². The maximum Gasteiger partial charge on any atom is 0.267 e. The minimum atomic E-state index is -0.162. The molecule has 4 heterocycles. The number of aryl methyl sites for hydroxylation is 1. The van der Waals surface area contributed by atoms with Gasteiger partial charge in [0.15, 0.2) is 0 Å². The lowest BCUT2D eigenvalue weighted by Crippen LogP contribution is -2.47. The number of anilines is 1. The SMILES string of the molecule is CCCCCCCCCCCCN1C(=O)/C(=C\c2c(N3CCN(Cc4ccccc4)CC3)nc3ccc(C)cn3c2=O)SC1=S. The van der Waals surface area contributed by atoms with Crippen LogP contribution in [0.15, 0.2) is 58.4 Å². The van der Waals surface area contributed by atoms with Crippen LogP contribution in [0.1, 0.15) is 87.8 Å². The zero-order valence-electron chi connectivity index (χ0n) is 26.9. The molecule has 1 aromatic carbocycles. The van der Waals surface area contributed by atoms with Crippen LogP contribution in [0.5, 0.6) is 0 Å². The summed E-state index contributed by atoms with van der Waals surface area (Å²) in [6, 6.07) is 14.4. The fraction of sp³-hybridized carbons (Fsp3) is 0.500. The quantitative estimate of drug-likeness (QED) is 0.0967. The summed E-state index contributed by atoms with van der Waals surface area (Å²) >= 11 is 6.94. The van der Waals surface area contributed by atoms with E-state index in [0.29, 0.717) is 32.8 Å². The molecule has 7 nitrogen and oxygen atoms in total. The van der Waals surface area contributed by atoms with Gasteiger partial charge in [0.2, 0.25) is 0 Å². The van der Waals surface area contributed by atoms with Crippen LogP contribution < -0.4 is 10.5 Å². The van der Waals surface area contributed by atoms with Gasteiger partial charge < -0.3 is 4.90 Å². The molecule has 0 N–H and O–H groups in total. The molecular formula is C36H47N5O2S2. The molecule has 0 spiro atoms. The summed E-state index contributed by atoms with van der Waals surface area (Å²) in [4.78, 5) is 39.3. The summed E-state index contributed by atoms with van der Waals surface area (Å²) in [5.41, 5.74) is 3.17. The normalized spacial score (nSPS) is 16.9. The van der Waals surface area contributed by atoms with E-state index in [9.17, 15) is 9.59 Å². The molecule has 0 aliphatic carbocycles. The molecule has 2 fully saturated rings. The number of piperazine rings is 1. The number of hydrogen-bond donors (Lipinski definition) is 0. The van der Waals surface area contributed by atoms with Gasteiger partial charge in [-0.1, -0.05) is 125 Å². The average Bonchev–Trinajstić information content (AvgIpc) is 3.31. The Morgan fingerprint density at radius 2 is 1.53 bits per heavy atom. The number of thioether (sulfide) groups is 1. The maximum absolute atomic E-state index is 14.0. The van der Waals surface area contributed by atoms with Gasteiger partial charge in [-0.3, -0.25) is 23.8 Å². The van der Waals surface area contributed by atoms with Crippen molar-refractivity contribution < 1.29 is 4.79 Å². The van der Waals surface area contributed by atoms with Crippen LogP contribution in [0.2, 0.25) is 0 Å². The highest BCUT2D eigenvalue weighted by molar-refractivity contribution is 8.26. The Kier molecular flexibility index (Phi) is 12.2. The van der Waals surface area contributed by atoms with Gasteiger partial charge >= 0.3 is 0 Å². The van der Waals surface area contributed by atoms with Crippen LogP contribution in [0, 0.1) is 6.92 Å². The van der Waals surface area contributed by atoms with E-state index in [1.165, 1.54) is 68.7 Å². The summed E-state index contributed by atoms with van der Waals surface area (Å²) in [6.45, 7) is 8.98. The Labute approximate surface area is 277 Å². The second-order valence-corrected chi connectivity index (χ2v) is 14.0. The zero-order valence-corrected chi connectivity index (χ0v) is 28.5. The van der Waals surface area contributed by atoms with Crippen molar-refractivity contribution in [2.45, 2.75) is 84.6 Å². The first-order chi connectivity index (χ1) is 21.9. The zero-order chi connectivity index (χ0) is 31.6. The second kappa shape index (κ2) is 16.5. The van der Waals surface area contributed by atoms with E-state index in [2.05, 4.69) is 41.0 Å². The number of carbonyl (C=O) groups excluding carboxylic acids is 1. The maximum atomic E-state index is 14.0. The molecule has 0 atom stereocenters. The Balaban J connectivity index is 1.26. The van der Waals surface area contributed by atoms with Gasteiger partial charge in [0.25, 0.3) is 11.5 Å². The average molecular weight is 646 g/mol. The van der Waals surface area contributed by atoms with Gasteiger partial charge in [0.1, 0.15) is 15.8 Å². The van der Waals surface area contributed by atoms with Gasteiger partial charge in [0.05, 0.1) is 10.5 Å². The number of rotatable bonds is 15. The summed E-state index contributed by atoms with van der Waals surface area (Å²) < 4.78 is 2.17. The highest BCUT2D eigenvalue weighted by atomic mass is 32.2. The number of hydrogen-bond acceptors (Lipinski definition) is 7. The van der Waals surface area contributed by atoms with Crippen molar-refractivity contribution in [1.82, 2.24) is 19.2 Å². The van der Waals surface area contributed by atoms with Crippen LogP contribution in [0.25, 0.3) is 11.7 Å². The van der Waals surface area contributed by atoms with E-state index >= 15 is 0 Å². The van der Waals surface area contributed by atoms with E-state index in [4.69, 9.17) is 17.2 Å². The molecule has 240 valence electrons. The van der Waals surface area contributed by atoms with E-state index in [0.717, 1.165) is 51.1 Å². The van der Waals surface area contributed by atoms with E-state index < -0.39 is 0 Å². The molecule has 2 aromatic heterocycles. The first-order valence-corrected chi connectivity index (χ1v) is 18.0. The van der Waals surface area contributed by atoms with Crippen molar-refractivity contribution in [3.8, 4) is 0 Å². The predicted molar refractivity (Wildman–Crippen MR) is 192 cm³/mol. The molecule has 3 aromatic rings. The summed E-state index contributed by atoms with van der Waals surface area (Å²) in [5, 5.41) is 0. The highest BCUT2D eigenvalue weighted by Gasteiger charge is 2.33. The van der Waals surface area contributed by atoms with Crippen molar-refractivity contribution in [2.75, 3.05) is 37.6 Å². The van der Waals surface area contributed by atoms with Crippen LogP contribution in [-0.4, -0.2) is 62.1 Å². The number of aromatic nitrogens is 2. The Morgan fingerprint density at radius 1 is 0.867 bits per heavy atom. The molecule has 0 bridgehead atoms.